The van der Waals surface area contributed by atoms with Crippen molar-refractivity contribution in [1.29, 1.82) is 0 Å². The van der Waals surface area contributed by atoms with Gasteiger partial charge in [-0.05, 0) is 33.2 Å². The van der Waals surface area contributed by atoms with Crippen molar-refractivity contribution in [3.63, 3.8) is 0 Å². The second kappa shape index (κ2) is 19.9. The Morgan fingerprint density at radius 1 is 1.10 bits per heavy atom. The summed E-state index contributed by atoms with van der Waals surface area (Å²) in [7, 11) is 7.77. The van der Waals surface area contributed by atoms with Gasteiger partial charge in [-0.15, -0.1) is 0 Å². The molecule has 2 rings (SSSR count). The van der Waals surface area contributed by atoms with Gasteiger partial charge < -0.3 is 15.2 Å². The summed E-state index contributed by atoms with van der Waals surface area (Å²) in [6, 6.07) is 3.94. The summed E-state index contributed by atoms with van der Waals surface area (Å²) in [5.74, 6) is 0.968. The zero-order chi connectivity index (χ0) is 13.8. The van der Waals surface area contributed by atoms with E-state index in [1.54, 1.807) is 24.8 Å². The second-order valence-corrected chi connectivity index (χ2v) is 3.77. The number of aryl methyl sites for hydroxylation is 1. The minimum absolute atomic E-state index is 0. The number of H-pyrrole nitrogens is 1. The molecule has 0 saturated carbocycles. The van der Waals surface area contributed by atoms with Crippen molar-refractivity contribution in [1.82, 2.24) is 20.3 Å². The molecule has 2 aromatic heterocycles. The van der Waals surface area contributed by atoms with Gasteiger partial charge in [-0.1, -0.05) is 8.41 Å². The molecular formula is C13H30B2KN5. The van der Waals surface area contributed by atoms with E-state index in [-0.39, 0.29) is 68.2 Å². The normalized spacial score (nSPS) is 7.29. The van der Waals surface area contributed by atoms with Crippen LogP contribution in [-0.4, -0.2) is 60.0 Å². The van der Waals surface area contributed by atoms with Crippen molar-refractivity contribution in [3.05, 3.63) is 42.7 Å². The molecule has 2 aromatic rings. The maximum absolute atomic E-state index is 3.90. The van der Waals surface area contributed by atoms with Crippen LogP contribution in [0.15, 0.2) is 36.9 Å². The number of hydrogen-bond donors (Lipinski definition) is 2. The molecule has 0 saturated heterocycles. The van der Waals surface area contributed by atoms with Gasteiger partial charge in [0.25, 0.3) is 0 Å². The van der Waals surface area contributed by atoms with Gasteiger partial charge >= 0.3 is 51.4 Å². The molecular weight excluding hydrogens is 287 g/mol. The molecule has 21 heavy (non-hydrogen) atoms. The van der Waals surface area contributed by atoms with Gasteiger partial charge in [0.15, 0.2) is 0 Å². The molecule has 114 valence electrons. The third kappa shape index (κ3) is 17.8. The smallest absolute Gasteiger partial charge is 0.378 e. The molecule has 0 aliphatic carbocycles. The molecule has 0 atom stereocenters. The van der Waals surface area contributed by atoms with Gasteiger partial charge in [-0.2, -0.15) is 0 Å². The first-order valence-corrected chi connectivity index (χ1v) is 5.73. The zero-order valence-corrected chi connectivity index (χ0v) is 15.9. The first-order valence-electron chi connectivity index (χ1n) is 5.73. The molecule has 0 radical (unpaired) electrons. The van der Waals surface area contributed by atoms with Crippen LogP contribution in [0.3, 0.4) is 0 Å². The Morgan fingerprint density at radius 3 is 1.76 bits per heavy atom. The molecule has 0 fully saturated rings. The number of hydrogen-bond acceptors (Lipinski definition) is 4. The minimum atomic E-state index is 0. The summed E-state index contributed by atoms with van der Waals surface area (Å²) in [4.78, 5) is 12.7. The van der Waals surface area contributed by atoms with Gasteiger partial charge in [0.05, 0.1) is 8.41 Å². The standard InChI is InChI=1S/C7H10N2.C4H6N2.C2H7N.BH4.BH3.K/c1-9(2)7-3-5-8-6-4-7;1-4-5-2-3-6-4;1-3-2;;;/h3-6H,1-2H3;2-3H,1H3,(H,5,6);3H,1-2H3;1H4;1H3;/q;;;-1;;+1. The third-order valence-corrected chi connectivity index (χ3v) is 1.81. The molecule has 0 bridgehead atoms. The molecule has 0 unspecified atom stereocenters. The number of nitrogens with one attached hydrogen (secondary N) is 2. The van der Waals surface area contributed by atoms with Crippen LogP contribution in [0.1, 0.15) is 5.82 Å². The third-order valence-electron chi connectivity index (χ3n) is 1.81. The predicted octanol–water partition coefficient (Wildman–Crippen LogP) is -3.93. The Kier molecular flexibility index (Phi) is 27.4. The van der Waals surface area contributed by atoms with Crippen LogP contribution in [0.2, 0.25) is 0 Å². The van der Waals surface area contributed by atoms with Crippen LogP contribution in [0.4, 0.5) is 5.69 Å². The quantitative estimate of drug-likeness (QED) is 0.528. The molecule has 0 spiro atoms. The summed E-state index contributed by atoms with van der Waals surface area (Å²) in [5.41, 5.74) is 1.19. The molecule has 2 heterocycles. The van der Waals surface area contributed by atoms with Crippen molar-refractivity contribution < 1.29 is 51.4 Å². The molecule has 0 amide bonds. The monoisotopic (exact) mass is 317 g/mol. The first kappa shape index (κ1) is 29.0. The number of anilines is 1. The summed E-state index contributed by atoms with van der Waals surface area (Å²) in [5, 5.41) is 2.75. The summed E-state index contributed by atoms with van der Waals surface area (Å²) < 4.78 is 0. The van der Waals surface area contributed by atoms with Crippen molar-refractivity contribution >= 4 is 22.5 Å². The van der Waals surface area contributed by atoms with Crippen LogP contribution in [0.5, 0.6) is 0 Å². The number of imidazole rings is 1. The van der Waals surface area contributed by atoms with E-state index in [4.69, 9.17) is 0 Å². The Morgan fingerprint density at radius 2 is 1.57 bits per heavy atom. The van der Waals surface area contributed by atoms with E-state index in [2.05, 4.69) is 20.3 Å². The van der Waals surface area contributed by atoms with Crippen LogP contribution in [0, 0.1) is 6.92 Å². The van der Waals surface area contributed by atoms with Crippen LogP contribution >= 0.6 is 0 Å². The molecule has 8 heteroatoms. The number of rotatable bonds is 1. The van der Waals surface area contributed by atoms with Gasteiger partial charge in [0.2, 0.25) is 0 Å². The Labute approximate surface area is 175 Å². The molecule has 0 aliphatic rings. The molecule has 5 nitrogen and oxygen atoms in total. The van der Waals surface area contributed by atoms with E-state index in [1.807, 2.05) is 52.1 Å². The number of aromatic nitrogens is 3. The number of nitrogens with zero attached hydrogens (tertiary/aromatic N) is 3. The van der Waals surface area contributed by atoms with E-state index >= 15 is 0 Å². The van der Waals surface area contributed by atoms with E-state index in [0.29, 0.717) is 0 Å². The van der Waals surface area contributed by atoms with Crippen molar-refractivity contribution in [3.8, 4) is 0 Å². The van der Waals surface area contributed by atoms with Crippen molar-refractivity contribution in [2.24, 2.45) is 0 Å². The van der Waals surface area contributed by atoms with Gasteiger partial charge in [-0.25, -0.2) is 4.98 Å². The first-order chi connectivity index (χ1) is 8.61. The fraction of sp³-hybridized carbons (Fsp3) is 0.385. The SMILES string of the molecule is B.CN(C)c1ccncc1.CNC.Cc1ncc[nH]1.[BH4-].[K+]. The van der Waals surface area contributed by atoms with E-state index in [9.17, 15) is 0 Å². The average molecular weight is 317 g/mol. The van der Waals surface area contributed by atoms with Crippen molar-refractivity contribution in [2.45, 2.75) is 6.92 Å². The largest absolute Gasteiger partial charge is 1.00 e. The summed E-state index contributed by atoms with van der Waals surface area (Å²) in [6.07, 6.45) is 7.11. The fourth-order valence-corrected chi connectivity index (χ4v) is 0.986. The molecule has 0 aromatic carbocycles. The Balaban J connectivity index is -0.000000107. The van der Waals surface area contributed by atoms with Gasteiger partial charge in [0.1, 0.15) is 5.82 Å². The number of pyridine rings is 1. The second-order valence-electron chi connectivity index (χ2n) is 3.77. The fourth-order valence-electron chi connectivity index (χ4n) is 0.986. The maximum Gasteiger partial charge on any atom is 1.00 e. The van der Waals surface area contributed by atoms with E-state index < -0.39 is 0 Å². The molecule has 0 aliphatic heterocycles. The minimum Gasteiger partial charge on any atom is -0.378 e. The van der Waals surface area contributed by atoms with E-state index in [0.717, 1.165) is 5.82 Å². The maximum atomic E-state index is 3.90. The summed E-state index contributed by atoms with van der Waals surface area (Å²) in [6.45, 7) is 1.92. The summed E-state index contributed by atoms with van der Waals surface area (Å²) >= 11 is 0. The molecule has 2 N–H and O–H groups in total. The van der Waals surface area contributed by atoms with E-state index in [1.165, 1.54) is 5.69 Å². The average Bonchev–Trinajstić information content (AvgIpc) is 2.83. The Hall–Kier alpha value is -0.114. The topological polar surface area (TPSA) is 56.8 Å². The van der Waals surface area contributed by atoms with Crippen molar-refractivity contribution in [2.75, 3.05) is 33.1 Å². The van der Waals surface area contributed by atoms with Gasteiger partial charge in [-0.3, -0.25) is 4.98 Å². The predicted molar refractivity (Wildman–Crippen MR) is 98.1 cm³/mol. The van der Waals surface area contributed by atoms with Gasteiger partial charge in [0, 0.05) is 44.6 Å². The Bertz CT molecular complexity index is 385. The van der Waals surface area contributed by atoms with Crippen LogP contribution in [0.25, 0.3) is 0 Å². The zero-order valence-electron chi connectivity index (χ0n) is 12.8. The van der Waals surface area contributed by atoms with Crippen LogP contribution < -0.4 is 61.6 Å². The van der Waals surface area contributed by atoms with Crippen LogP contribution in [-0.2, 0) is 0 Å². The number of aromatic amines is 1.